The Morgan fingerprint density at radius 1 is 0.905 bits per heavy atom. The predicted molar refractivity (Wildman–Crippen MR) is 88.0 cm³/mol. The molecule has 1 aromatic heterocycles. The first-order valence-corrected chi connectivity index (χ1v) is 7.26. The number of aromatic nitrogens is 1. The van der Waals surface area contributed by atoms with Crippen molar-refractivity contribution < 1.29 is 0 Å². The third kappa shape index (κ3) is 1.42. The number of anilines is 1. The molecule has 1 unspecified atom stereocenters. The summed E-state index contributed by atoms with van der Waals surface area (Å²) in [7, 11) is 0. The topological polar surface area (TPSA) is 19.0 Å². The first-order chi connectivity index (χ1) is 10.4. The number of rotatable bonds is 0. The zero-order chi connectivity index (χ0) is 13.8. The summed E-state index contributed by atoms with van der Waals surface area (Å²) in [5.41, 5.74) is 6.35. The van der Waals surface area contributed by atoms with Crippen LogP contribution in [0.25, 0.3) is 23.1 Å². The van der Waals surface area contributed by atoms with E-state index in [0.717, 1.165) is 0 Å². The fourth-order valence-electron chi connectivity index (χ4n) is 3.46. The van der Waals surface area contributed by atoms with Crippen molar-refractivity contribution in [3.8, 4) is 0 Å². The lowest BCUT2D eigenvalue weighted by Crippen LogP contribution is -2.27. The monoisotopic (exact) mass is 270 g/mol. The van der Waals surface area contributed by atoms with Gasteiger partial charge in [0.1, 0.15) is 0 Å². The Kier molecular flexibility index (Phi) is 2.03. The van der Waals surface area contributed by atoms with Crippen molar-refractivity contribution in [2.75, 3.05) is 4.90 Å². The van der Waals surface area contributed by atoms with Crippen molar-refractivity contribution in [1.82, 2.24) is 4.98 Å². The quantitative estimate of drug-likeness (QED) is 0.626. The molecule has 5 rings (SSSR count). The van der Waals surface area contributed by atoms with E-state index in [1.165, 1.54) is 33.4 Å². The van der Waals surface area contributed by atoms with Crippen molar-refractivity contribution in [3.63, 3.8) is 0 Å². The third-order valence-corrected chi connectivity index (χ3v) is 4.45. The molecule has 0 amide bonds. The van der Waals surface area contributed by atoms with E-state index in [9.17, 15) is 0 Å². The van der Waals surface area contributed by atoms with Crippen LogP contribution in [-0.2, 0) is 0 Å². The van der Waals surface area contributed by atoms with Crippen molar-refractivity contribution in [2.45, 2.75) is 6.04 Å². The van der Waals surface area contributed by atoms with Gasteiger partial charge in [0.15, 0.2) is 0 Å². The number of nitrogens with zero attached hydrogens (tertiary/aromatic N) is 1. The van der Waals surface area contributed by atoms with Crippen LogP contribution in [0, 0.1) is 0 Å². The predicted octanol–water partition coefficient (Wildman–Crippen LogP) is 4.73. The highest BCUT2D eigenvalue weighted by molar-refractivity contribution is 5.93. The lowest BCUT2D eigenvalue weighted by atomic mass is 9.96. The zero-order valence-corrected chi connectivity index (χ0v) is 11.5. The van der Waals surface area contributed by atoms with Gasteiger partial charge in [-0.05, 0) is 23.8 Å². The highest BCUT2D eigenvalue weighted by atomic mass is 15.2. The lowest BCUT2D eigenvalue weighted by molar-refractivity contribution is 0.805. The molecule has 2 aliphatic rings. The maximum atomic E-state index is 3.60. The Hall–Kier alpha value is -2.74. The molecule has 2 aromatic carbocycles. The molecule has 1 atom stereocenters. The van der Waals surface area contributed by atoms with Gasteiger partial charge >= 0.3 is 0 Å². The Morgan fingerprint density at radius 2 is 1.76 bits per heavy atom. The van der Waals surface area contributed by atoms with Gasteiger partial charge in [0.25, 0.3) is 0 Å². The Bertz CT molecular complexity index is 914. The minimum atomic E-state index is 0.257. The highest BCUT2D eigenvalue weighted by Gasteiger charge is 2.28. The second kappa shape index (κ2) is 3.89. The Morgan fingerprint density at radius 3 is 2.76 bits per heavy atom. The van der Waals surface area contributed by atoms with E-state index in [-0.39, 0.29) is 6.04 Å². The van der Waals surface area contributed by atoms with E-state index >= 15 is 0 Å². The number of para-hydroxylation sites is 2. The molecule has 0 fully saturated rings. The molecule has 0 saturated heterocycles. The molecular formula is C19H14N2. The van der Waals surface area contributed by atoms with E-state index in [0.29, 0.717) is 0 Å². The lowest BCUT2D eigenvalue weighted by Gasteiger charge is -2.35. The molecule has 2 heteroatoms. The number of fused-ring (bicyclic) bond motifs is 7. The number of benzene rings is 2. The van der Waals surface area contributed by atoms with Gasteiger partial charge < -0.3 is 9.88 Å². The van der Waals surface area contributed by atoms with Crippen molar-refractivity contribution in [1.29, 1.82) is 0 Å². The van der Waals surface area contributed by atoms with Gasteiger partial charge in [-0.2, -0.15) is 0 Å². The van der Waals surface area contributed by atoms with E-state index in [1.54, 1.807) is 0 Å². The zero-order valence-electron chi connectivity index (χ0n) is 11.5. The largest absolute Gasteiger partial charge is 0.356 e. The van der Waals surface area contributed by atoms with Gasteiger partial charge in [0.05, 0.1) is 11.7 Å². The maximum absolute atomic E-state index is 3.60. The first kappa shape index (κ1) is 11.0. The third-order valence-electron chi connectivity index (χ3n) is 4.45. The first-order valence-electron chi connectivity index (χ1n) is 7.26. The van der Waals surface area contributed by atoms with Crippen molar-refractivity contribution >= 4 is 28.7 Å². The van der Waals surface area contributed by atoms with Crippen LogP contribution >= 0.6 is 0 Å². The summed E-state index contributed by atoms with van der Waals surface area (Å²) in [4.78, 5) is 5.94. The molecule has 1 N–H and O–H groups in total. The van der Waals surface area contributed by atoms with Gasteiger partial charge in [-0.1, -0.05) is 48.6 Å². The summed E-state index contributed by atoms with van der Waals surface area (Å²) in [6.07, 6.45) is 8.93. The summed E-state index contributed by atoms with van der Waals surface area (Å²) in [5, 5.41) is 1.30. The molecule has 100 valence electrons. The van der Waals surface area contributed by atoms with Crippen molar-refractivity contribution in [2.24, 2.45) is 0 Å². The molecule has 0 aliphatic carbocycles. The minimum Gasteiger partial charge on any atom is -0.356 e. The number of nitrogens with one attached hydrogen (secondary N) is 1. The van der Waals surface area contributed by atoms with Gasteiger partial charge in [-0.15, -0.1) is 0 Å². The molecule has 3 aromatic rings. The number of H-pyrrole nitrogens is 1. The van der Waals surface area contributed by atoms with Crippen LogP contribution in [0.15, 0.2) is 60.8 Å². The number of aromatic amines is 1. The average Bonchev–Trinajstić information content (AvgIpc) is 2.93. The van der Waals surface area contributed by atoms with Gasteiger partial charge in [-0.25, -0.2) is 0 Å². The number of hydrogen-bond donors (Lipinski definition) is 1. The van der Waals surface area contributed by atoms with Crippen LogP contribution in [-0.4, -0.2) is 4.98 Å². The van der Waals surface area contributed by atoms with Crippen LogP contribution in [0.5, 0.6) is 0 Å². The fourth-order valence-corrected chi connectivity index (χ4v) is 3.46. The van der Waals surface area contributed by atoms with E-state index in [2.05, 4.69) is 82.8 Å². The normalized spacial score (nSPS) is 18.5. The molecular weight excluding hydrogens is 256 g/mol. The maximum Gasteiger partial charge on any atom is 0.0928 e. The van der Waals surface area contributed by atoms with E-state index in [4.69, 9.17) is 0 Å². The standard InChI is InChI=1S/C19H14N2/c1-4-8-17-13(5-1)9-10-18-19-15(11-12-21(17)18)14-6-2-3-7-16(14)20-19/h1-12,18,20H. The molecule has 0 radical (unpaired) electrons. The molecule has 2 nitrogen and oxygen atoms in total. The average molecular weight is 270 g/mol. The molecule has 0 bridgehead atoms. The fraction of sp³-hybridized carbons (Fsp3) is 0.0526. The Labute approximate surface area is 123 Å². The summed E-state index contributed by atoms with van der Waals surface area (Å²) >= 11 is 0. The Balaban J connectivity index is 1.75. The van der Waals surface area contributed by atoms with Crippen LogP contribution < -0.4 is 4.90 Å². The van der Waals surface area contributed by atoms with Gasteiger partial charge in [0.2, 0.25) is 0 Å². The van der Waals surface area contributed by atoms with E-state index in [1.807, 2.05) is 0 Å². The highest BCUT2D eigenvalue weighted by Crippen LogP contribution is 2.42. The van der Waals surface area contributed by atoms with E-state index < -0.39 is 0 Å². The van der Waals surface area contributed by atoms with Crippen molar-refractivity contribution in [3.05, 3.63) is 77.6 Å². The minimum absolute atomic E-state index is 0.257. The van der Waals surface area contributed by atoms with Gasteiger partial charge in [0, 0.05) is 28.4 Å². The molecule has 0 spiro atoms. The van der Waals surface area contributed by atoms with Crippen LogP contribution in [0.4, 0.5) is 5.69 Å². The SMILES string of the molecule is C1=CC2c3[nH]c4ccccc4c3C=CN2c2ccccc21. The molecule has 0 saturated carbocycles. The second-order valence-corrected chi connectivity index (χ2v) is 5.58. The molecule has 3 heterocycles. The second-order valence-electron chi connectivity index (χ2n) is 5.58. The van der Waals surface area contributed by atoms with Crippen LogP contribution in [0.2, 0.25) is 0 Å². The summed E-state index contributed by atoms with van der Waals surface area (Å²) in [6, 6.07) is 17.3. The van der Waals surface area contributed by atoms with Gasteiger partial charge in [-0.3, -0.25) is 0 Å². The number of hydrogen-bond acceptors (Lipinski definition) is 1. The summed E-state index contributed by atoms with van der Waals surface area (Å²) in [6.45, 7) is 0. The summed E-state index contributed by atoms with van der Waals surface area (Å²) < 4.78 is 0. The summed E-state index contributed by atoms with van der Waals surface area (Å²) in [5.74, 6) is 0. The molecule has 2 aliphatic heterocycles. The van der Waals surface area contributed by atoms with Crippen LogP contribution in [0.1, 0.15) is 22.9 Å². The van der Waals surface area contributed by atoms with Crippen LogP contribution in [0.3, 0.4) is 0 Å². The smallest absolute Gasteiger partial charge is 0.0928 e. The molecule has 21 heavy (non-hydrogen) atoms.